The van der Waals surface area contributed by atoms with Crippen LogP contribution in [0.5, 0.6) is 0 Å². The van der Waals surface area contributed by atoms with E-state index in [1.54, 1.807) is 0 Å². The number of ether oxygens (including phenoxy) is 1. The summed E-state index contributed by atoms with van der Waals surface area (Å²) in [5.41, 5.74) is 0.180. The summed E-state index contributed by atoms with van der Waals surface area (Å²) in [6.07, 6.45) is 6.07. The molecule has 1 atom stereocenters. The van der Waals surface area contributed by atoms with Gasteiger partial charge in [0.2, 0.25) is 0 Å². The van der Waals surface area contributed by atoms with Gasteiger partial charge in [-0.05, 0) is 46.6 Å². The fourth-order valence-corrected chi connectivity index (χ4v) is 2.09. The first-order valence-corrected chi connectivity index (χ1v) is 6.86. The summed E-state index contributed by atoms with van der Waals surface area (Å²) in [4.78, 5) is 4.32. The van der Waals surface area contributed by atoms with Gasteiger partial charge in [-0.15, -0.1) is 0 Å². The van der Waals surface area contributed by atoms with Crippen LogP contribution in [-0.4, -0.2) is 23.7 Å². The molecule has 1 fully saturated rings. The average molecular weight is 252 g/mol. The number of hydrogen-bond acceptors (Lipinski definition) is 4. The van der Waals surface area contributed by atoms with Crippen molar-refractivity contribution in [1.82, 2.24) is 10.3 Å². The third kappa shape index (κ3) is 4.10. The van der Waals surface area contributed by atoms with E-state index in [9.17, 15) is 0 Å². The predicted octanol–water partition coefficient (Wildman–Crippen LogP) is 2.85. The summed E-state index contributed by atoms with van der Waals surface area (Å²) in [5.74, 6) is 1.72. The Kier molecular flexibility index (Phi) is 4.40. The molecule has 4 heteroatoms. The SMILES string of the molecule is CC(C)(C)NCCCc1ncc(C2CCCO2)o1. The lowest BCUT2D eigenvalue weighted by Gasteiger charge is -2.20. The van der Waals surface area contributed by atoms with Gasteiger partial charge in [0.25, 0.3) is 0 Å². The summed E-state index contributed by atoms with van der Waals surface area (Å²) in [7, 11) is 0. The number of aromatic nitrogens is 1. The number of nitrogens with zero attached hydrogens (tertiary/aromatic N) is 1. The van der Waals surface area contributed by atoms with Crippen molar-refractivity contribution in [2.24, 2.45) is 0 Å². The van der Waals surface area contributed by atoms with Crippen molar-refractivity contribution in [3.63, 3.8) is 0 Å². The Hall–Kier alpha value is -0.870. The van der Waals surface area contributed by atoms with Crippen LogP contribution < -0.4 is 5.32 Å². The molecule has 2 heterocycles. The first kappa shape index (κ1) is 13.6. The maximum atomic E-state index is 5.74. The summed E-state index contributed by atoms with van der Waals surface area (Å²) in [6, 6.07) is 0. The largest absolute Gasteiger partial charge is 0.443 e. The molecule has 1 N–H and O–H groups in total. The summed E-state index contributed by atoms with van der Waals surface area (Å²) >= 11 is 0. The van der Waals surface area contributed by atoms with Crippen LogP contribution in [0.1, 0.15) is 57.8 Å². The minimum absolute atomic E-state index is 0.138. The number of rotatable bonds is 5. The number of aryl methyl sites for hydroxylation is 1. The molecule has 2 rings (SSSR count). The van der Waals surface area contributed by atoms with E-state index in [1.807, 2.05) is 6.20 Å². The molecule has 0 saturated carbocycles. The van der Waals surface area contributed by atoms with Crippen LogP contribution in [0.4, 0.5) is 0 Å². The maximum absolute atomic E-state index is 5.74. The van der Waals surface area contributed by atoms with Gasteiger partial charge in [0.1, 0.15) is 6.10 Å². The third-order valence-corrected chi connectivity index (χ3v) is 3.04. The normalized spacial score (nSPS) is 20.5. The molecule has 18 heavy (non-hydrogen) atoms. The maximum Gasteiger partial charge on any atom is 0.194 e. The Balaban J connectivity index is 1.73. The Morgan fingerprint density at radius 2 is 2.28 bits per heavy atom. The van der Waals surface area contributed by atoms with E-state index in [4.69, 9.17) is 9.15 Å². The predicted molar refractivity (Wildman–Crippen MR) is 70.5 cm³/mol. The van der Waals surface area contributed by atoms with Crippen molar-refractivity contribution < 1.29 is 9.15 Å². The van der Waals surface area contributed by atoms with Gasteiger partial charge >= 0.3 is 0 Å². The molecular formula is C14H24N2O2. The lowest BCUT2D eigenvalue weighted by atomic mass is 10.1. The van der Waals surface area contributed by atoms with Crippen LogP contribution in [-0.2, 0) is 11.2 Å². The van der Waals surface area contributed by atoms with Gasteiger partial charge in [0.05, 0.1) is 6.20 Å². The second kappa shape index (κ2) is 5.85. The molecule has 1 aliphatic heterocycles. The zero-order valence-corrected chi connectivity index (χ0v) is 11.7. The van der Waals surface area contributed by atoms with Gasteiger partial charge in [-0.1, -0.05) is 0 Å². The molecule has 1 unspecified atom stereocenters. The van der Waals surface area contributed by atoms with Gasteiger partial charge in [0, 0.05) is 18.6 Å². The van der Waals surface area contributed by atoms with Gasteiger partial charge < -0.3 is 14.5 Å². The molecular weight excluding hydrogens is 228 g/mol. The van der Waals surface area contributed by atoms with Crippen LogP contribution in [0.15, 0.2) is 10.6 Å². The van der Waals surface area contributed by atoms with E-state index in [0.717, 1.165) is 50.5 Å². The van der Waals surface area contributed by atoms with E-state index in [0.29, 0.717) is 0 Å². The van der Waals surface area contributed by atoms with Crippen molar-refractivity contribution in [3.8, 4) is 0 Å². The van der Waals surface area contributed by atoms with Crippen LogP contribution in [0, 0.1) is 0 Å². The van der Waals surface area contributed by atoms with Gasteiger partial charge in [-0.25, -0.2) is 4.98 Å². The Bertz CT molecular complexity index is 362. The van der Waals surface area contributed by atoms with E-state index in [1.165, 1.54) is 0 Å². The van der Waals surface area contributed by atoms with E-state index in [-0.39, 0.29) is 11.6 Å². The van der Waals surface area contributed by atoms with Crippen molar-refractivity contribution in [2.45, 2.75) is 58.1 Å². The molecule has 1 saturated heterocycles. The van der Waals surface area contributed by atoms with Crippen LogP contribution in [0.25, 0.3) is 0 Å². The average Bonchev–Trinajstić information content (AvgIpc) is 2.93. The zero-order valence-electron chi connectivity index (χ0n) is 11.7. The molecule has 4 nitrogen and oxygen atoms in total. The first-order chi connectivity index (χ1) is 8.54. The highest BCUT2D eigenvalue weighted by molar-refractivity contribution is 5.00. The Labute approximate surface area is 109 Å². The van der Waals surface area contributed by atoms with Gasteiger partial charge in [-0.2, -0.15) is 0 Å². The van der Waals surface area contributed by atoms with Crippen LogP contribution in [0.2, 0.25) is 0 Å². The minimum atomic E-state index is 0.138. The molecule has 0 spiro atoms. The lowest BCUT2D eigenvalue weighted by molar-refractivity contribution is 0.0924. The standard InChI is InChI=1S/C14H24N2O2/c1-14(2,3)16-8-4-7-13-15-10-12(18-13)11-6-5-9-17-11/h10-11,16H,4-9H2,1-3H3. The summed E-state index contributed by atoms with van der Waals surface area (Å²) in [6.45, 7) is 8.35. The number of oxazole rings is 1. The van der Waals surface area contributed by atoms with Crippen molar-refractivity contribution >= 4 is 0 Å². The van der Waals surface area contributed by atoms with Crippen molar-refractivity contribution in [2.75, 3.05) is 13.2 Å². The highest BCUT2D eigenvalue weighted by atomic mass is 16.5. The molecule has 1 aromatic rings. The number of hydrogen-bond donors (Lipinski definition) is 1. The van der Waals surface area contributed by atoms with Gasteiger partial charge in [0.15, 0.2) is 11.7 Å². The molecule has 102 valence electrons. The fraction of sp³-hybridized carbons (Fsp3) is 0.786. The fourth-order valence-electron chi connectivity index (χ4n) is 2.09. The first-order valence-electron chi connectivity index (χ1n) is 6.86. The molecule has 0 amide bonds. The summed E-state index contributed by atoms with van der Waals surface area (Å²) in [5, 5.41) is 3.46. The molecule has 0 aromatic carbocycles. The molecule has 0 aliphatic carbocycles. The second-order valence-electron chi connectivity index (χ2n) is 5.94. The number of nitrogens with one attached hydrogen (secondary N) is 1. The Morgan fingerprint density at radius 1 is 1.44 bits per heavy atom. The summed E-state index contributed by atoms with van der Waals surface area (Å²) < 4.78 is 11.3. The van der Waals surface area contributed by atoms with Crippen LogP contribution in [0.3, 0.4) is 0 Å². The smallest absolute Gasteiger partial charge is 0.194 e. The third-order valence-electron chi connectivity index (χ3n) is 3.04. The minimum Gasteiger partial charge on any atom is -0.443 e. The van der Waals surface area contributed by atoms with E-state index in [2.05, 4.69) is 31.1 Å². The highest BCUT2D eigenvalue weighted by Crippen LogP contribution is 2.28. The highest BCUT2D eigenvalue weighted by Gasteiger charge is 2.21. The molecule has 1 aromatic heterocycles. The molecule has 1 aliphatic rings. The van der Waals surface area contributed by atoms with E-state index < -0.39 is 0 Å². The Morgan fingerprint density at radius 3 is 2.94 bits per heavy atom. The molecule has 0 bridgehead atoms. The molecule has 0 radical (unpaired) electrons. The second-order valence-corrected chi connectivity index (χ2v) is 5.94. The topological polar surface area (TPSA) is 47.3 Å². The van der Waals surface area contributed by atoms with Crippen molar-refractivity contribution in [3.05, 3.63) is 17.8 Å². The van der Waals surface area contributed by atoms with Gasteiger partial charge in [-0.3, -0.25) is 0 Å². The zero-order chi connectivity index (χ0) is 13.0. The van der Waals surface area contributed by atoms with Crippen molar-refractivity contribution in [1.29, 1.82) is 0 Å². The quantitative estimate of drug-likeness (QED) is 0.819. The monoisotopic (exact) mass is 252 g/mol. The van der Waals surface area contributed by atoms with E-state index >= 15 is 0 Å². The lowest BCUT2D eigenvalue weighted by Crippen LogP contribution is -2.36. The van der Waals surface area contributed by atoms with Crippen LogP contribution >= 0.6 is 0 Å².